The molecule has 1 aliphatic carbocycles. The molecule has 3 nitrogen and oxygen atoms in total. The van der Waals surface area contributed by atoms with Gasteiger partial charge >= 0.3 is 12.1 Å². The van der Waals surface area contributed by atoms with Crippen LogP contribution in [0, 0.1) is 0 Å². The molecular formula is C15H18F3NO2. The van der Waals surface area contributed by atoms with Crippen molar-refractivity contribution in [2.45, 2.75) is 50.7 Å². The van der Waals surface area contributed by atoms with E-state index in [1.165, 1.54) is 6.07 Å². The topological polar surface area (TPSA) is 49.3 Å². The average Bonchev–Trinajstić information content (AvgIpc) is 2.66. The average molecular weight is 301 g/mol. The SMILES string of the molecule is O=C(O)c1ccc(NC2CCCCCC2)cc1C(F)(F)F. The molecule has 1 aliphatic rings. The summed E-state index contributed by atoms with van der Waals surface area (Å²) in [6.07, 6.45) is 1.64. The fourth-order valence-corrected chi connectivity index (χ4v) is 2.71. The van der Waals surface area contributed by atoms with Crippen molar-refractivity contribution in [2.75, 3.05) is 5.32 Å². The summed E-state index contributed by atoms with van der Waals surface area (Å²) in [6, 6.07) is 3.48. The quantitative estimate of drug-likeness (QED) is 0.806. The van der Waals surface area contributed by atoms with Gasteiger partial charge < -0.3 is 10.4 Å². The molecule has 0 atom stereocenters. The zero-order chi connectivity index (χ0) is 15.5. The summed E-state index contributed by atoms with van der Waals surface area (Å²) in [5.41, 5.74) is -1.48. The molecule has 0 amide bonds. The lowest BCUT2D eigenvalue weighted by atomic mass is 10.0. The lowest BCUT2D eigenvalue weighted by molar-refractivity contribution is -0.138. The van der Waals surface area contributed by atoms with Gasteiger partial charge in [0, 0.05) is 11.7 Å². The third kappa shape index (κ3) is 4.12. The minimum absolute atomic E-state index is 0.157. The van der Waals surface area contributed by atoms with E-state index in [-0.39, 0.29) is 6.04 Å². The lowest BCUT2D eigenvalue weighted by Gasteiger charge is -2.19. The molecule has 0 radical (unpaired) electrons. The number of alkyl halides is 3. The summed E-state index contributed by atoms with van der Waals surface area (Å²) >= 11 is 0. The second kappa shape index (κ2) is 6.37. The van der Waals surface area contributed by atoms with E-state index in [0.717, 1.165) is 50.7 Å². The maximum absolute atomic E-state index is 12.9. The van der Waals surface area contributed by atoms with Crippen molar-refractivity contribution in [3.63, 3.8) is 0 Å². The molecule has 21 heavy (non-hydrogen) atoms. The summed E-state index contributed by atoms with van der Waals surface area (Å²) in [4.78, 5) is 10.9. The van der Waals surface area contributed by atoms with Gasteiger partial charge in [-0.25, -0.2) is 4.79 Å². The van der Waals surface area contributed by atoms with Gasteiger partial charge in [-0.1, -0.05) is 25.7 Å². The van der Waals surface area contributed by atoms with E-state index in [1.54, 1.807) is 0 Å². The normalized spacial score (nSPS) is 17.3. The number of anilines is 1. The molecule has 1 fully saturated rings. The van der Waals surface area contributed by atoms with Crippen molar-refractivity contribution < 1.29 is 23.1 Å². The van der Waals surface area contributed by atoms with Gasteiger partial charge in [-0.15, -0.1) is 0 Å². The van der Waals surface area contributed by atoms with Gasteiger partial charge in [0.2, 0.25) is 0 Å². The highest BCUT2D eigenvalue weighted by molar-refractivity contribution is 5.90. The molecule has 0 spiro atoms. The number of benzene rings is 1. The molecule has 6 heteroatoms. The Hall–Kier alpha value is -1.72. The Bertz CT molecular complexity index is 506. The van der Waals surface area contributed by atoms with Crippen molar-refractivity contribution in [1.82, 2.24) is 0 Å². The van der Waals surface area contributed by atoms with Crippen molar-refractivity contribution in [3.05, 3.63) is 29.3 Å². The Morgan fingerprint density at radius 3 is 2.29 bits per heavy atom. The Morgan fingerprint density at radius 2 is 1.76 bits per heavy atom. The number of aromatic carboxylic acids is 1. The van der Waals surface area contributed by atoms with Crippen molar-refractivity contribution in [2.24, 2.45) is 0 Å². The van der Waals surface area contributed by atoms with Gasteiger partial charge in [0.05, 0.1) is 11.1 Å². The third-order valence-corrected chi connectivity index (χ3v) is 3.78. The smallest absolute Gasteiger partial charge is 0.417 e. The molecule has 2 rings (SSSR count). The van der Waals surface area contributed by atoms with Crippen LogP contribution in [0.1, 0.15) is 54.4 Å². The first-order valence-corrected chi connectivity index (χ1v) is 7.09. The van der Waals surface area contributed by atoms with Crippen LogP contribution in [0.4, 0.5) is 18.9 Å². The van der Waals surface area contributed by atoms with Gasteiger partial charge in [-0.2, -0.15) is 13.2 Å². The molecule has 0 aliphatic heterocycles. The molecule has 1 aromatic rings. The fourth-order valence-electron chi connectivity index (χ4n) is 2.71. The monoisotopic (exact) mass is 301 g/mol. The summed E-state index contributed by atoms with van der Waals surface area (Å²) < 4.78 is 38.8. The zero-order valence-electron chi connectivity index (χ0n) is 11.5. The first-order valence-electron chi connectivity index (χ1n) is 7.09. The summed E-state index contributed by atoms with van der Waals surface area (Å²) in [5, 5.41) is 12.0. The molecule has 0 aromatic heterocycles. The third-order valence-electron chi connectivity index (χ3n) is 3.78. The van der Waals surface area contributed by atoms with E-state index < -0.39 is 23.3 Å². The van der Waals surface area contributed by atoms with E-state index >= 15 is 0 Å². The molecule has 0 saturated heterocycles. The standard InChI is InChI=1S/C15H18F3NO2/c16-15(17,18)13-9-11(7-8-12(13)14(20)21)19-10-5-3-1-2-4-6-10/h7-10,19H,1-6H2,(H,20,21). The van der Waals surface area contributed by atoms with E-state index in [4.69, 9.17) is 5.11 Å². The molecule has 2 N–H and O–H groups in total. The van der Waals surface area contributed by atoms with Gasteiger partial charge in [0.1, 0.15) is 0 Å². The van der Waals surface area contributed by atoms with E-state index in [2.05, 4.69) is 5.32 Å². The fraction of sp³-hybridized carbons (Fsp3) is 0.533. The number of halogens is 3. The Morgan fingerprint density at radius 1 is 1.14 bits per heavy atom. The number of carboxylic acid groups (broad SMARTS) is 1. The highest BCUT2D eigenvalue weighted by Crippen LogP contribution is 2.34. The van der Waals surface area contributed by atoms with E-state index in [1.807, 2.05) is 0 Å². The van der Waals surface area contributed by atoms with Gasteiger partial charge in [0.15, 0.2) is 0 Å². The molecule has 116 valence electrons. The Kier molecular flexibility index (Phi) is 4.75. The van der Waals surface area contributed by atoms with Crippen LogP contribution in [0.2, 0.25) is 0 Å². The first-order chi connectivity index (χ1) is 9.88. The molecule has 0 heterocycles. The number of carbonyl (C=O) groups is 1. The molecule has 0 unspecified atom stereocenters. The molecule has 0 bridgehead atoms. The number of hydrogen-bond acceptors (Lipinski definition) is 2. The maximum Gasteiger partial charge on any atom is 0.417 e. The summed E-state index contributed by atoms with van der Waals surface area (Å²) in [5.74, 6) is -1.57. The van der Waals surface area contributed by atoms with Gasteiger partial charge in [-0.3, -0.25) is 0 Å². The minimum atomic E-state index is -4.67. The molecular weight excluding hydrogens is 283 g/mol. The van der Waals surface area contributed by atoms with Crippen LogP contribution in [0.5, 0.6) is 0 Å². The number of carboxylic acids is 1. The zero-order valence-corrected chi connectivity index (χ0v) is 11.5. The van der Waals surface area contributed by atoms with Gasteiger partial charge in [-0.05, 0) is 31.0 Å². The predicted octanol–water partition coefficient (Wildman–Crippen LogP) is 4.54. The summed E-state index contributed by atoms with van der Waals surface area (Å²) in [6.45, 7) is 0. The van der Waals surface area contributed by atoms with Crippen LogP contribution in [-0.4, -0.2) is 17.1 Å². The van der Waals surface area contributed by atoms with Crippen LogP contribution in [0.25, 0.3) is 0 Å². The van der Waals surface area contributed by atoms with Crippen molar-refractivity contribution >= 4 is 11.7 Å². The van der Waals surface area contributed by atoms with Crippen LogP contribution in [-0.2, 0) is 6.18 Å². The van der Waals surface area contributed by atoms with Crippen LogP contribution >= 0.6 is 0 Å². The summed E-state index contributed by atoms with van der Waals surface area (Å²) in [7, 11) is 0. The van der Waals surface area contributed by atoms with Crippen molar-refractivity contribution in [1.29, 1.82) is 0 Å². The second-order valence-corrected chi connectivity index (χ2v) is 5.40. The Balaban J connectivity index is 2.22. The van der Waals surface area contributed by atoms with Crippen LogP contribution in [0.15, 0.2) is 18.2 Å². The maximum atomic E-state index is 12.9. The highest BCUT2D eigenvalue weighted by Gasteiger charge is 2.35. The molecule has 1 aromatic carbocycles. The second-order valence-electron chi connectivity index (χ2n) is 5.40. The van der Waals surface area contributed by atoms with Gasteiger partial charge in [0.25, 0.3) is 0 Å². The van der Waals surface area contributed by atoms with E-state index in [0.29, 0.717) is 5.69 Å². The first kappa shape index (κ1) is 15.7. The van der Waals surface area contributed by atoms with Crippen molar-refractivity contribution in [3.8, 4) is 0 Å². The number of rotatable bonds is 3. The minimum Gasteiger partial charge on any atom is -0.478 e. The number of nitrogens with one attached hydrogen (secondary N) is 1. The van der Waals surface area contributed by atoms with E-state index in [9.17, 15) is 18.0 Å². The van der Waals surface area contributed by atoms with Crippen LogP contribution < -0.4 is 5.32 Å². The lowest BCUT2D eigenvalue weighted by Crippen LogP contribution is -2.19. The Labute approximate surface area is 121 Å². The molecule has 1 saturated carbocycles. The largest absolute Gasteiger partial charge is 0.478 e. The highest BCUT2D eigenvalue weighted by atomic mass is 19.4. The predicted molar refractivity (Wildman–Crippen MR) is 73.5 cm³/mol. The van der Waals surface area contributed by atoms with Crippen LogP contribution in [0.3, 0.4) is 0 Å². The number of hydrogen-bond donors (Lipinski definition) is 2.